The van der Waals surface area contributed by atoms with Gasteiger partial charge in [-0.1, -0.05) is 31.5 Å². The van der Waals surface area contributed by atoms with Crippen LogP contribution in [0.2, 0.25) is 0 Å². The highest BCUT2D eigenvalue weighted by Crippen LogP contribution is 2.17. The first-order valence-corrected chi connectivity index (χ1v) is 6.59. The molecule has 1 aromatic heterocycles. The van der Waals surface area contributed by atoms with E-state index in [9.17, 15) is 0 Å². The second-order valence-electron chi connectivity index (χ2n) is 4.27. The Labute approximate surface area is 112 Å². The number of H-pyrrole nitrogens is 1. The molecule has 1 aromatic carbocycles. The number of nitrogens with one attached hydrogen (secondary N) is 1. The Morgan fingerprint density at radius 3 is 2.72 bits per heavy atom. The van der Waals surface area contributed by atoms with Crippen molar-refractivity contribution in [1.29, 1.82) is 0 Å². The van der Waals surface area contributed by atoms with E-state index in [1.54, 1.807) is 0 Å². The average molecular weight is 262 g/mol. The van der Waals surface area contributed by atoms with Crippen LogP contribution in [0.25, 0.3) is 5.69 Å². The molecule has 5 heteroatoms. The number of aromatic amines is 1. The van der Waals surface area contributed by atoms with Crippen LogP contribution in [0.15, 0.2) is 30.3 Å². The fourth-order valence-corrected chi connectivity index (χ4v) is 2.08. The van der Waals surface area contributed by atoms with Crippen molar-refractivity contribution in [1.82, 2.24) is 14.8 Å². The van der Waals surface area contributed by atoms with E-state index in [-0.39, 0.29) is 0 Å². The minimum Gasteiger partial charge on any atom is -0.344 e. The van der Waals surface area contributed by atoms with Gasteiger partial charge in [-0.15, -0.1) is 5.10 Å². The highest BCUT2D eigenvalue weighted by atomic mass is 32.1. The monoisotopic (exact) mass is 262 g/mol. The summed E-state index contributed by atoms with van der Waals surface area (Å²) in [7, 11) is 2.04. The molecule has 0 bridgehead atoms. The van der Waals surface area contributed by atoms with E-state index < -0.39 is 0 Å². The van der Waals surface area contributed by atoms with Crippen LogP contribution in [0.4, 0.5) is 5.95 Å². The van der Waals surface area contributed by atoms with Crippen molar-refractivity contribution in [2.75, 3.05) is 18.5 Å². The lowest BCUT2D eigenvalue weighted by molar-refractivity contribution is 0.743. The number of para-hydroxylation sites is 1. The fraction of sp³-hybridized carbons (Fsp3) is 0.385. The van der Waals surface area contributed by atoms with E-state index in [1.807, 2.05) is 41.9 Å². The molecule has 18 heavy (non-hydrogen) atoms. The van der Waals surface area contributed by atoms with Gasteiger partial charge in [0.25, 0.3) is 0 Å². The first-order valence-electron chi connectivity index (χ1n) is 6.18. The Hall–Kier alpha value is -1.62. The van der Waals surface area contributed by atoms with Gasteiger partial charge < -0.3 is 4.90 Å². The van der Waals surface area contributed by atoms with Crippen LogP contribution >= 0.6 is 12.2 Å². The average Bonchev–Trinajstić information content (AvgIpc) is 2.79. The number of anilines is 1. The maximum atomic E-state index is 5.30. The molecule has 0 fully saturated rings. The largest absolute Gasteiger partial charge is 0.344 e. The summed E-state index contributed by atoms with van der Waals surface area (Å²) in [4.78, 5) is 2.13. The Kier molecular flexibility index (Phi) is 4.15. The van der Waals surface area contributed by atoms with Gasteiger partial charge in [0.15, 0.2) is 0 Å². The lowest BCUT2D eigenvalue weighted by atomic mass is 10.3. The van der Waals surface area contributed by atoms with E-state index in [0.29, 0.717) is 4.77 Å². The summed E-state index contributed by atoms with van der Waals surface area (Å²) in [5, 5.41) is 7.18. The molecule has 0 unspecified atom stereocenters. The number of unbranched alkanes of at least 4 members (excludes halogenated alkanes) is 1. The second-order valence-corrected chi connectivity index (χ2v) is 4.66. The molecule has 0 aliphatic heterocycles. The highest BCUT2D eigenvalue weighted by molar-refractivity contribution is 7.71. The molecule has 0 aliphatic carbocycles. The third-order valence-corrected chi connectivity index (χ3v) is 3.13. The van der Waals surface area contributed by atoms with Crippen molar-refractivity contribution >= 4 is 18.2 Å². The SMILES string of the molecule is CCCCN(C)c1n[nH]c(=S)n1-c1ccccc1. The minimum atomic E-state index is 0.625. The first-order chi connectivity index (χ1) is 8.74. The van der Waals surface area contributed by atoms with E-state index in [4.69, 9.17) is 12.2 Å². The van der Waals surface area contributed by atoms with Gasteiger partial charge in [0.2, 0.25) is 10.7 Å². The van der Waals surface area contributed by atoms with Crippen LogP contribution in [-0.4, -0.2) is 28.4 Å². The summed E-state index contributed by atoms with van der Waals surface area (Å²) in [6, 6.07) is 10.1. The quantitative estimate of drug-likeness (QED) is 0.841. The van der Waals surface area contributed by atoms with Gasteiger partial charge >= 0.3 is 0 Å². The van der Waals surface area contributed by atoms with Gasteiger partial charge in [-0.3, -0.25) is 4.57 Å². The van der Waals surface area contributed by atoms with Gasteiger partial charge in [0.05, 0.1) is 5.69 Å². The molecule has 2 aromatic rings. The Balaban J connectivity index is 2.36. The van der Waals surface area contributed by atoms with Gasteiger partial charge in [-0.2, -0.15) is 0 Å². The summed E-state index contributed by atoms with van der Waals surface area (Å²) >= 11 is 5.30. The summed E-state index contributed by atoms with van der Waals surface area (Å²) in [5.41, 5.74) is 1.04. The number of hydrogen-bond donors (Lipinski definition) is 1. The van der Waals surface area contributed by atoms with Gasteiger partial charge in [0, 0.05) is 13.6 Å². The van der Waals surface area contributed by atoms with Crippen molar-refractivity contribution in [2.45, 2.75) is 19.8 Å². The van der Waals surface area contributed by atoms with Gasteiger partial charge in [-0.05, 0) is 30.8 Å². The number of nitrogens with zero attached hydrogens (tertiary/aromatic N) is 3. The van der Waals surface area contributed by atoms with Crippen LogP contribution in [0.5, 0.6) is 0 Å². The summed E-state index contributed by atoms with van der Waals surface area (Å²) in [6.45, 7) is 3.16. The maximum Gasteiger partial charge on any atom is 0.230 e. The first kappa shape index (κ1) is 12.8. The van der Waals surface area contributed by atoms with Gasteiger partial charge in [0.1, 0.15) is 0 Å². The number of rotatable bonds is 5. The van der Waals surface area contributed by atoms with Crippen molar-refractivity contribution in [2.24, 2.45) is 0 Å². The fourth-order valence-electron chi connectivity index (χ4n) is 1.85. The summed E-state index contributed by atoms with van der Waals surface area (Å²) < 4.78 is 2.59. The molecule has 0 saturated carbocycles. The third kappa shape index (κ3) is 2.61. The molecule has 0 spiro atoms. The molecule has 4 nitrogen and oxygen atoms in total. The maximum absolute atomic E-state index is 5.30. The molecule has 1 heterocycles. The minimum absolute atomic E-state index is 0.625. The van der Waals surface area contributed by atoms with E-state index >= 15 is 0 Å². The predicted octanol–water partition coefficient (Wildman–Crippen LogP) is 3.17. The Bertz CT molecular complexity index is 544. The van der Waals surface area contributed by atoms with Crippen molar-refractivity contribution in [3.8, 4) is 5.69 Å². The predicted molar refractivity (Wildman–Crippen MR) is 76.9 cm³/mol. The van der Waals surface area contributed by atoms with Crippen molar-refractivity contribution in [3.05, 3.63) is 35.1 Å². The molecule has 0 amide bonds. The summed E-state index contributed by atoms with van der Waals surface area (Å²) in [6.07, 6.45) is 2.31. The molecule has 0 aliphatic rings. The van der Waals surface area contributed by atoms with Crippen molar-refractivity contribution in [3.63, 3.8) is 0 Å². The molecule has 0 saturated heterocycles. The van der Waals surface area contributed by atoms with Crippen LogP contribution in [0.3, 0.4) is 0 Å². The summed E-state index contributed by atoms with van der Waals surface area (Å²) in [5.74, 6) is 0.861. The van der Waals surface area contributed by atoms with E-state index in [0.717, 1.165) is 24.6 Å². The molecule has 96 valence electrons. The Morgan fingerprint density at radius 2 is 2.06 bits per heavy atom. The van der Waals surface area contributed by atoms with Crippen LogP contribution < -0.4 is 4.90 Å². The second kappa shape index (κ2) is 5.82. The van der Waals surface area contributed by atoms with Crippen molar-refractivity contribution < 1.29 is 0 Å². The molecule has 0 atom stereocenters. The van der Waals surface area contributed by atoms with Crippen LogP contribution in [-0.2, 0) is 0 Å². The normalized spacial score (nSPS) is 10.6. The standard InChI is InChI=1S/C13H18N4S/c1-3-4-10-16(2)12-14-15-13(18)17(12)11-8-6-5-7-9-11/h5-9H,3-4,10H2,1-2H3,(H,15,18). The Morgan fingerprint density at radius 1 is 1.33 bits per heavy atom. The molecule has 1 N–H and O–H groups in total. The van der Waals surface area contributed by atoms with E-state index in [1.165, 1.54) is 6.42 Å². The zero-order valence-corrected chi connectivity index (χ0v) is 11.6. The molecule has 2 rings (SSSR count). The lowest BCUT2D eigenvalue weighted by Crippen LogP contribution is -2.22. The molecular formula is C13H18N4S. The van der Waals surface area contributed by atoms with E-state index in [2.05, 4.69) is 22.0 Å². The van der Waals surface area contributed by atoms with Crippen LogP contribution in [0.1, 0.15) is 19.8 Å². The highest BCUT2D eigenvalue weighted by Gasteiger charge is 2.11. The zero-order valence-electron chi connectivity index (χ0n) is 10.8. The van der Waals surface area contributed by atoms with Crippen LogP contribution in [0, 0.1) is 4.77 Å². The lowest BCUT2D eigenvalue weighted by Gasteiger charge is -2.18. The van der Waals surface area contributed by atoms with Gasteiger partial charge in [-0.25, -0.2) is 5.10 Å². The number of aromatic nitrogens is 3. The molecular weight excluding hydrogens is 244 g/mol. The molecule has 0 radical (unpaired) electrons. The topological polar surface area (TPSA) is 36.9 Å². The number of hydrogen-bond acceptors (Lipinski definition) is 3. The smallest absolute Gasteiger partial charge is 0.230 e. The zero-order chi connectivity index (χ0) is 13.0. The third-order valence-electron chi connectivity index (χ3n) is 2.86. The number of benzene rings is 1.